The summed E-state index contributed by atoms with van der Waals surface area (Å²) in [6, 6.07) is 0. The van der Waals surface area contributed by atoms with Crippen molar-refractivity contribution < 1.29 is 0 Å². The van der Waals surface area contributed by atoms with Gasteiger partial charge in [0.05, 0.1) is 9.77 Å². The zero-order chi connectivity index (χ0) is 9.97. The Labute approximate surface area is 94.5 Å². The minimum absolute atomic E-state index is 0.455. The maximum atomic E-state index is 5.44. The van der Waals surface area contributed by atoms with Crippen LogP contribution in [0.5, 0.6) is 0 Å². The van der Waals surface area contributed by atoms with Crippen LogP contribution in [0.2, 0.25) is 0 Å². The Morgan fingerprint density at radius 1 is 1.29 bits per heavy atom. The molecule has 6 heteroatoms. The molecule has 0 aliphatic carbocycles. The van der Waals surface area contributed by atoms with Crippen LogP contribution in [0.25, 0.3) is 5.95 Å². The molecule has 0 aliphatic rings. The fraction of sp³-hybridized carbons (Fsp3) is 0.125. The molecule has 0 saturated carbocycles. The lowest BCUT2D eigenvalue weighted by Crippen LogP contribution is -2.04. The van der Waals surface area contributed by atoms with Gasteiger partial charge in [0.25, 0.3) is 0 Å². The second-order valence-electron chi connectivity index (χ2n) is 2.70. The van der Waals surface area contributed by atoms with Crippen LogP contribution in [0, 0.1) is 3.57 Å². The summed E-state index contributed by atoms with van der Waals surface area (Å²) < 4.78 is 2.68. The lowest BCUT2D eigenvalue weighted by molar-refractivity contribution is 0.800. The number of nitrogens with zero attached hydrogens (tertiary/aromatic N) is 4. The molecular weight excluding hydrogens is 293 g/mol. The third kappa shape index (κ3) is 1.90. The molecule has 0 amide bonds. The minimum atomic E-state index is 0.455. The topological polar surface area (TPSA) is 69.6 Å². The number of hydrogen-bond donors (Lipinski definition) is 1. The van der Waals surface area contributed by atoms with Gasteiger partial charge in [-0.2, -0.15) is 5.10 Å². The van der Waals surface area contributed by atoms with Gasteiger partial charge in [-0.25, -0.2) is 14.6 Å². The van der Waals surface area contributed by atoms with Crippen LogP contribution in [0.15, 0.2) is 24.8 Å². The molecule has 2 rings (SSSR count). The molecule has 72 valence electrons. The molecule has 2 aromatic heterocycles. The summed E-state index contributed by atoms with van der Waals surface area (Å²) in [7, 11) is 0. The van der Waals surface area contributed by atoms with Gasteiger partial charge in [0.2, 0.25) is 5.95 Å². The van der Waals surface area contributed by atoms with Gasteiger partial charge in [0.15, 0.2) is 0 Å². The van der Waals surface area contributed by atoms with Gasteiger partial charge in [-0.3, -0.25) is 0 Å². The monoisotopic (exact) mass is 301 g/mol. The van der Waals surface area contributed by atoms with Crippen molar-refractivity contribution in [1.29, 1.82) is 0 Å². The van der Waals surface area contributed by atoms with E-state index in [1.807, 2.05) is 6.20 Å². The first-order chi connectivity index (χ1) is 6.79. The van der Waals surface area contributed by atoms with E-state index in [-0.39, 0.29) is 0 Å². The van der Waals surface area contributed by atoms with Crippen molar-refractivity contribution in [1.82, 2.24) is 19.7 Å². The molecule has 2 N–H and O–H groups in total. The Balaban J connectivity index is 2.33. The van der Waals surface area contributed by atoms with E-state index >= 15 is 0 Å². The Bertz CT molecular complexity index is 422. The molecule has 0 fully saturated rings. The third-order valence-corrected chi connectivity index (χ3v) is 2.24. The van der Waals surface area contributed by atoms with E-state index in [0.29, 0.717) is 12.5 Å². The average molecular weight is 301 g/mol. The van der Waals surface area contributed by atoms with E-state index < -0.39 is 0 Å². The predicted molar refractivity (Wildman–Crippen MR) is 59.8 cm³/mol. The van der Waals surface area contributed by atoms with Crippen LogP contribution < -0.4 is 5.73 Å². The third-order valence-electron chi connectivity index (χ3n) is 1.68. The predicted octanol–water partition coefficient (Wildman–Crippen LogP) is 0.726. The van der Waals surface area contributed by atoms with Crippen molar-refractivity contribution in [2.75, 3.05) is 0 Å². The first-order valence-corrected chi connectivity index (χ1v) is 5.09. The van der Waals surface area contributed by atoms with Crippen molar-refractivity contribution in [3.05, 3.63) is 33.9 Å². The van der Waals surface area contributed by atoms with Crippen LogP contribution in [0.3, 0.4) is 0 Å². The van der Waals surface area contributed by atoms with E-state index in [1.54, 1.807) is 23.3 Å². The quantitative estimate of drug-likeness (QED) is 0.830. The number of nitrogens with two attached hydrogens (primary N) is 1. The van der Waals surface area contributed by atoms with Crippen molar-refractivity contribution >= 4 is 22.6 Å². The summed E-state index contributed by atoms with van der Waals surface area (Å²) in [5.41, 5.74) is 6.35. The summed E-state index contributed by atoms with van der Waals surface area (Å²) >= 11 is 2.18. The highest BCUT2D eigenvalue weighted by atomic mass is 127. The lowest BCUT2D eigenvalue weighted by atomic mass is 10.3. The Morgan fingerprint density at radius 2 is 2.00 bits per heavy atom. The lowest BCUT2D eigenvalue weighted by Gasteiger charge is -1.99. The summed E-state index contributed by atoms with van der Waals surface area (Å²) in [6.45, 7) is 0.455. The first-order valence-electron chi connectivity index (χ1n) is 4.01. The standard InChI is InChI=1S/C8H8IN5/c9-7-4-13-14(5-7)8-11-2-6(1-10)3-12-8/h2-5H,1,10H2. The van der Waals surface area contributed by atoms with E-state index in [2.05, 4.69) is 37.7 Å². The van der Waals surface area contributed by atoms with Crippen LogP contribution in [0.4, 0.5) is 0 Å². The van der Waals surface area contributed by atoms with E-state index in [1.165, 1.54) is 0 Å². The van der Waals surface area contributed by atoms with Gasteiger partial charge in [0.1, 0.15) is 0 Å². The maximum Gasteiger partial charge on any atom is 0.250 e. The van der Waals surface area contributed by atoms with Crippen molar-refractivity contribution in [3.8, 4) is 5.95 Å². The zero-order valence-corrected chi connectivity index (χ0v) is 9.42. The smallest absolute Gasteiger partial charge is 0.250 e. The molecule has 0 spiro atoms. The van der Waals surface area contributed by atoms with Gasteiger partial charge in [-0.05, 0) is 22.6 Å². The van der Waals surface area contributed by atoms with E-state index in [4.69, 9.17) is 5.73 Å². The molecule has 5 nitrogen and oxygen atoms in total. The van der Waals surface area contributed by atoms with Gasteiger partial charge >= 0.3 is 0 Å². The Morgan fingerprint density at radius 3 is 2.50 bits per heavy atom. The molecule has 0 bridgehead atoms. The Hall–Kier alpha value is -1.02. The summed E-state index contributed by atoms with van der Waals surface area (Å²) in [5.74, 6) is 0.560. The number of rotatable bonds is 2. The van der Waals surface area contributed by atoms with Crippen LogP contribution in [-0.2, 0) is 6.54 Å². The second kappa shape index (κ2) is 4.01. The molecule has 14 heavy (non-hydrogen) atoms. The molecule has 0 saturated heterocycles. The highest BCUT2D eigenvalue weighted by molar-refractivity contribution is 14.1. The fourth-order valence-electron chi connectivity index (χ4n) is 0.982. The fourth-order valence-corrected chi connectivity index (χ4v) is 1.37. The normalized spacial score (nSPS) is 10.4. The van der Waals surface area contributed by atoms with Gasteiger partial charge < -0.3 is 5.73 Å². The SMILES string of the molecule is NCc1cnc(-n2cc(I)cn2)nc1. The van der Waals surface area contributed by atoms with Crippen molar-refractivity contribution in [2.45, 2.75) is 6.54 Å². The highest BCUT2D eigenvalue weighted by Crippen LogP contribution is 2.05. The van der Waals surface area contributed by atoms with Crippen LogP contribution in [0.1, 0.15) is 5.56 Å². The summed E-state index contributed by atoms with van der Waals surface area (Å²) in [4.78, 5) is 8.28. The van der Waals surface area contributed by atoms with Crippen LogP contribution in [-0.4, -0.2) is 19.7 Å². The van der Waals surface area contributed by atoms with E-state index in [0.717, 1.165) is 9.13 Å². The van der Waals surface area contributed by atoms with Crippen molar-refractivity contribution in [3.63, 3.8) is 0 Å². The molecule has 0 unspecified atom stereocenters. The summed E-state index contributed by atoms with van der Waals surface area (Å²) in [6.07, 6.45) is 7.02. The largest absolute Gasteiger partial charge is 0.326 e. The minimum Gasteiger partial charge on any atom is -0.326 e. The highest BCUT2D eigenvalue weighted by Gasteiger charge is 2.01. The van der Waals surface area contributed by atoms with Gasteiger partial charge in [-0.1, -0.05) is 0 Å². The molecule has 0 aromatic carbocycles. The molecule has 2 aromatic rings. The Kier molecular flexibility index (Phi) is 2.73. The number of aromatic nitrogens is 4. The first kappa shape index (κ1) is 9.53. The maximum absolute atomic E-state index is 5.44. The second-order valence-corrected chi connectivity index (χ2v) is 3.94. The van der Waals surface area contributed by atoms with Gasteiger partial charge in [-0.15, -0.1) is 0 Å². The molecule has 0 atom stereocenters. The molecule has 0 radical (unpaired) electrons. The zero-order valence-electron chi connectivity index (χ0n) is 7.26. The molecule has 0 aliphatic heterocycles. The number of halogens is 1. The van der Waals surface area contributed by atoms with E-state index in [9.17, 15) is 0 Å². The molecule has 2 heterocycles. The van der Waals surface area contributed by atoms with Crippen molar-refractivity contribution in [2.24, 2.45) is 5.73 Å². The summed E-state index contributed by atoms with van der Waals surface area (Å²) in [5, 5.41) is 4.09. The number of hydrogen-bond acceptors (Lipinski definition) is 4. The van der Waals surface area contributed by atoms with Crippen LogP contribution >= 0.6 is 22.6 Å². The molecular formula is C8H8IN5. The average Bonchev–Trinajstić information content (AvgIpc) is 2.65. The van der Waals surface area contributed by atoms with Gasteiger partial charge in [0, 0.05) is 30.7 Å².